The third-order valence-corrected chi connectivity index (χ3v) is 2.14. The summed E-state index contributed by atoms with van der Waals surface area (Å²) in [4.78, 5) is 11.5. The van der Waals surface area contributed by atoms with Crippen LogP contribution in [-0.4, -0.2) is 43.4 Å². The molecule has 0 heterocycles. The number of hydrogen-bond donors (Lipinski definition) is 3. The molecular formula is C10H22N2O3. The average molecular weight is 218 g/mol. The van der Waals surface area contributed by atoms with Gasteiger partial charge in [0.2, 0.25) is 5.91 Å². The number of hydrogen-bond acceptors (Lipinski definition) is 4. The molecule has 0 aromatic rings. The average Bonchev–Trinajstić information content (AvgIpc) is 2.24. The maximum Gasteiger partial charge on any atom is 0.237 e. The fraction of sp³-hybridized carbons (Fsp3) is 0.900. The molecule has 90 valence electrons. The van der Waals surface area contributed by atoms with Crippen LogP contribution in [0.1, 0.15) is 26.2 Å². The van der Waals surface area contributed by atoms with E-state index in [2.05, 4.69) is 5.32 Å². The second kappa shape index (κ2) is 8.64. The molecule has 0 saturated heterocycles. The van der Waals surface area contributed by atoms with Crippen molar-refractivity contribution in [2.45, 2.75) is 38.3 Å². The Bertz CT molecular complexity index is 176. The first-order valence-electron chi connectivity index (χ1n) is 5.31. The van der Waals surface area contributed by atoms with Crippen LogP contribution in [0.4, 0.5) is 0 Å². The molecule has 5 heteroatoms. The number of ether oxygens (including phenoxy) is 1. The number of carbonyl (C=O) groups excluding carboxylic acids is 1. The van der Waals surface area contributed by atoms with Gasteiger partial charge in [0.25, 0.3) is 0 Å². The van der Waals surface area contributed by atoms with Crippen LogP contribution in [-0.2, 0) is 9.53 Å². The van der Waals surface area contributed by atoms with Gasteiger partial charge in [-0.1, -0.05) is 19.8 Å². The predicted octanol–water partition coefficient (Wildman–Crippen LogP) is -0.373. The smallest absolute Gasteiger partial charge is 0.237 e. The molecule has 0 aliphatic heterocycles. The van der Waals surface area contributed by atoms with Crippen LogP contribution in [0.15, 0.2) is 0 Å². The highest BCUT2D eigenvalue weighted by atomic mass is 16.5. The Hall–Kier alpha value is -0.650. The Balaban J connectivity index is 3.87. The molecule has 0 aromatic heterocycles. The summed E-state index contributed by atoms with van der Waals surface area (Å²) in [6.45, 7) is 2.20. The zero-order valence-corrected chi connectivity index (χ0v) is 9.53. The maximum atomic E-state index is 11.5. The number of methoxy groups -OCH3 is 1. The normalized spacial score (nSPS) is 14.7. The molecule has 15 heavy (non-hydrogen) atoms. The van der Waals surface area contributed by atoms with Gasteiger partial charge in [-0.2, -0.15) is 0 Å². The number of rotatable bonds is 8. The lowest BCUT2D eigenvalue weighted by atomic mass is 10.1. The summed E-state index contributed by atoms with van der Waals surface area (Å²) in [5.74, 6) is -0.223. The molecule has 0 aliphatic carbocycles. The molecule has 0 radical (unpaired) electrons. The van der Waals surface area contributed by atoms with Crippen LogP contribution in [0.3, 0.4) is 0 Å². The molecule has 2 atom stereocenters. The fourth-order valence-electron chi connectivity index (χ4n) is 1.20. The minimum absolute atomic E-state index is 0.139. The van der Waals surface area contributed by atoms with Gasteiger partial charge in [-0.25, -0.2) is 0 Å². The van der Waals surface area contributed by atoms with Crippen molar-refractivity contribution in [2.24, 2.45) is 5.73 Å². The molecule has 0 rings (SSSR count). The van der Waals surface area contributed by atoms with Crippen LogP contribution in [0.25, 0.3) is 0 Å². The lowest BCUT2D eigenvalue weighted by Crippen LogP contribution is -2.48. The van der Waals surface area contributed by atoms with Crippen LogP contribution >= 0.6 is 0 Å². The van der Waals surface area contributed by atoms with Crippen molar-refractivity contribution in [3.05, 3.63) is 0 Å². The Morgan fingerprint density at radius 1 is 1.60 bits per heavy atom. The number of nitrogens with two attached hydrogens (primary N) is 1. The lowest BCUT2D eigenvalue weighted by molar-refractivity contribution is -0.124. The summed E-state index contributed by atoms with van der Waals surface area (Å²) < 4.78 is 4.84. The van der Waals surface area contributed by atoms with Crippen LogP contribution in [0.5, 0.6) is 0 Å². The number of aliphatic hydroxyl groups is 1. The number of amides is 1. The molecule has 0 spiro atoms. The van der Waals surface area contributed by atoms with E-state index in [4.69, 9.17) is 15.6 Å². The van der Waals surface area contributed by atoms with Gasteiger partial charge in [0.1, 0.15) is 0 Å². The molecule has 0 bridgehead atoms. The SMILES string of the molecule is CCCC[C@H](N)C(=O)NC(CO)COC. The van der Waals surface area contributed by atoms with E-state index in [1.165, 1.54) is 7.11 Å². The van der Waals surface area contributed by atoms with Crippen LogP contribution in [0.2, 0.25) is 0 Å². The largest absolute Gasteiger partial charge is 0.394 e. The summed E-state index contributed by atoms with van der Waals surface area (Å²) in [7, 11) is 1.52. The third kappa shape index (κ3) is 6.43. The standard InChI is InChI=1S/C10H22N2O3/c1-3-4-5-9(11)10(14)12-8(6-13)7-15-2/h8-9,13H,3-7,11H2,1-2H3,(H,12,14)/t8?,9-/m0/s1. The highest BCUT2D eigenvalue weighted by Crippen LogP contribution is 1.98. The number of carbonyl (C=O) groups is 1. The Labute approximate surface area is 91.0 Å². The first kappa shape index (κ1) is 14.3. The molecule has 4 N–H and O–H groups in total. The first-order chi connectivity index (χ1) is 7.15. The van der Waals surface area contributed by atoms with Gasteiger partial charge >= 0.3 is 0 Å². The van der Waals surface area contributed by atoms with Gasteiger partial charge in [-0.15, -0.1) is 0 Å². The minimum Gasteiger partial charge on any atom is -0.394 e. The summed E-state index contributed by atoms with van der Waals surface area (Å²) in [5.41, 5.74) is 5.67. The van der Waals surface area contributed by atoms with E-state index in [1.807, 2.05) is 6.92 Å². The molecule has 1 unspecified atom stereocenters. The van der Waals surface area contributed by atoms with E-state index < -0.39 is 6.04 Å². The molecule has 0 saturated carbocycles. The molecule has 5 nitrogen and oxygen atoms in total. The second-order valence-electron chi connectivity index (χ2n) is 3.59. The molecule has 0 aliphatic rings. The van der Waals surface area contributed by atoms with Crippen molar-refractivity contribution in [1.82, 2.24) is 5.32 Å². The second-order valence-corrected chi connectivity index (χ2v) is 3.59. The highest BCUT2D eigenvalue weighted by molar-refractivity contribution is 5.81. The quantitative estimate of drug-likeness (QED) is 0.519. The molecular weight excluding hydrogens is 196 g/mol. The van der Waals surface area contributed by atoms with Crippen molar-refractivity contribution >= 4 is 5.91 Å². The highest BCUT2D eigenvalue weighted by Gasteiger charge is 2.16. The molecule has 0 aromatic carbocycles. The van der Waals surface area contributed by atoms with Crippen LogP contribution in [0, 0.1) is 0 Å². The zero-order chi connectivity index (χ0) is 11.7. The Kier molecular flexibility index (Phi) is 8.27. The fourth-order valence-corrected chi connectivity index (χ4v) is 1.20. The van der Waals surface area contributed by atoms with E-state index in [0.29, 0.717) is 13.0 Å². The van der Waals surface area contributed by atoms with E-state index in [-0.39, 0.29) is 18.6 Å². The predicted molar refractivity (Wildman–Crippen MR) is 58.4 cm³/mol. The van der Waals surface area contributed by atoms with E-state index in [1.54, 1.807) is 0 Å². The Morgan fingerprint density at radius 2 is 2.27 bits per heavy atom. The number of nitrogens with one attached hydrogen (secondary N) is 1. The summed E-state index contributed by atoms with van der Waals surface area (Å²) in [6, 6.07) is -0.856. The summed E-state index contributed by atoms with van der Waals surface area (Å²) >= 11 is 0. The summed E-state index contributed by atoms with van der Waals surface area (Å²) in [6.07, 6.45) is 2.62. The molecule has 1 amide bonds. The van der Waals surface area contributed by atoms with Crippen molar-refractivity contribution in [3.8, 4) is 0 Å². The van der Waals surface area contributed by atoms with Crippen molar-refractivity contribution in [1.29, 1.82) is 0 Å². The first-order valence-corrected chi connectivity index (χ1v) is 5.31. The molecule has 0 fully saturated rings. The van der Waals surface area contributed by atoms with E-state index in [0.717, 1.165) is 12.8 Å². The van der Waals surface area contributed by atoms with E-state index >= 15 is 0 Å². The number of unbranched alkanes of at least 4 members (excludes halogenated alkanes) is 1. The van der Waals surface area contributed by atoms with Crippen molar-refractivity contribution in [3.63, 3.8) is 0 Å². The number of aliphatic hydroxyl groups excluding tert-OH is 1. The van der Waals surface area contributed by atoms with Crippen molar-refractivity contribution < 1.29 is 14.6 Å². The lowest BCUT2D eigenvalue weighted by Gasteiger charge is -2.18. The van der Waals surface area contributed by atoms with Gasteiger partial charge in [0.15, 0.2) is 0 Å². The summed E-state index contributed by atoms with van der Waals surface area (Å²) in [5, 5.41) is 11.6. The van der Waals surface area contributed by atoms with Gasteiger partial charge in [-0.05, 0) is 6.42 Å². The third-order valence-electron chi connectivity index (χ3n) is 2.14. The van der Waals surface area contributed by atoms with Gasteiger partial charge in [0, 0.05) is 7.11 Å². The van der Waals surface area contributed by atoms with Crippen LogP contribution < -0.4 is 11.1 Å². The monoisotopic (exact) mass is 218 g/mol. The zero-order valence-electron chi connectivity index (χ0n) is 9.53. The maximum absolute atomic E-state index is 11.5. The van der Waals surface area contributed by atoms with Gasteiger partial charge < -0.3 is 20.9 Å². The van der Waals surface area contributed by atoms with Crippen molar-refractivity contribution in [2.75, 3.05) is 20.3 Å². The Morgan fingerprint density at radius 3 is 2.73 bits per heavy atom. The topological polar surface area (TPSA) is 84.6 Å². The van der Waals surface area contributed by atoms with Gasteiger partial charge in [-0.3, -0.25) is 4.79 Å². The van der Waals surface area contributed by atoms with E-state index in [9.17, 15) is 4.79 Å². The van der Waals surface area contributed by atoms with Gasteiger partial charge in [0.05, 0.1) is 25.3 Å². The minimum atomic E-state index is -0.490.